The van der Waals surface area contributed by atoms with Crippen molar-refractivity contribution in [3.05, 3.63) is 52.3 Å². The van der Waals surface area contributed by atoms with Crippen LogP contribution in [0.4, 0.5) is 5.95 Å². The fourth-order valence-electron chi connectivity index (χ4n) is 3.82. The first-order chi connectivity index (χ1) is 13.4. The summed E-state index contributed by atoms with van der Waals surface area (Å²) in [6, 6.07) is 5.94. The maximum atomic E-state index is 13.4. The van der Waals surface area contributed by atoms with Gasteiger partial charge in [-0.25, -0.2) is 4.98 Å². The first kappa shape index (κ1) is 20.1. The number of nitrogens with zero attached hydrogens (tertiary/aromatic N) is 2. The number of hydrogen-bond donors (Lipinski definition) is 1. The van der Waals surface area contributed by atoms with Gasteiger partial charge in [-0.1, -0.05) is 32.1 Å². The highest BCUT2D eigenvalue weighted by Crippen LogP contribution is 2.44. The highest BCUT2D eigenvalue weighted by Gasteiger charge is 2.37. The minimum atomic E-state index is -0.360. The van der Waals surface area contributed by atoms with Crippen LogP contribution in [0.15, 0.2) is 35.6 Å². The van der Waals surface area contributed by atoms with Crippen LogP contribution in [0.25, 0.3) is 11.3 Å². The second kappa shape index (κ2) is 8.19. The molecule has 0 amide bonds. The number of anilines is 1. The molecule has 1 aliphatic carbocycles. The van der Waals surface area contributed by atoms with Crippen molar-refractivity contribution in [3.8, 4) is 17.0 Å². The SMILES string of the molecule is C=CCn1c(NCC)nc2c(c1=O)C(C)(C)Cc1c(OCCOC)cccc1-2. The molecule has 0 radical (unpaired) electrons. The molecule has 0 saturated heterocycles. The van der Waals surface area contributed by atoms with E-state index >= 15 is 0 Å². The molecule has 1 heterocycles. The van der Waals surface area contributed by atoms with Crippen molar-refractivity contribution < 1.29 is 9.47 Å². The summed E-state index contributed by atoms with van der Waals surface area (Å²) >= 11 is 0. The average molecular weight is 383 g/mol. The smallest absolute Gasteiger partial charge is 0.259 e. The minimum Gasteiger partial charge on any atom is -0.491 e. The van der Waals surface area contributed by atoms with E-state index in [9.17, 15) is 4.79 Å². The van der Waals surface area contributed by atoms with Crippen LogP contribution in [0.5, 0.6) is 5.75 Å². The van der Waals surface area contributed by atoms with Crippen LogP contribution in [0.3, 0.4) is 0 Å². The minimum absolute atomic E-state index is 0.0118. The summed E-state index contributed by atoms with van der Waals surface area (Å²) in [6.07, 6.45) is 2.44. The lowest BCUT2D eigenvalue weighted by Crippen LogP contribution is -2.38. The van der Waals surface area contributed by atoms with E-state index in [-0.39, 0.29) is 11.0 Å². The van der Waals surface area contributed by atoms with Gasteiger partial charge in [0.1, 0.15) is 12.4 Å². The molecule has 0 atom stereocenters. The summed E-state index contributed by atoms with van der Waals surface area (Å²) in [5.41, 5.74) is 3.17. The Balaban J connectivity index is 2.22. The summed E-state index contributed by atoms with van der Waals surface area (Å²) in [5.74, 6) is 1.40. The highest BCUT2D eigenvalue weighted by molar-refractivity contribution is 5.74. The molecule has 0 fully saturated rings. The van der Waals surface area contributed by atoms with E-state index in [4.69, 9.17) is 14.5 Å². The van der Waals surface area contributed by atoms with E-state index in [0.717, 1.165) is 28.1 Å². The molecule has 0 saturated carbocycles. The molecule has 6 heteroatoms. The lowest BCUT2D eigenvalue weighted by molar-refractivity contribution is 0.145. The van der Waals surface area contributed by atoms with Gasteiger partial charge in [0.15, 0.2) is 0 Å². The second-order valence-corrected chi connectivity index (χ2v) is 7.58. The van der Waals surface area contributed by atoms with Gasteiger partial charge in [-0.3, -0.25) is 9.36 Å². The Morgan fingerprint density at radius 3 is 2.82 bits per heavy atom. The van der Waals surface area contributed by atoms with Crippen LogP contribution in [-0.2, 0) is 23.1 Å². The number of methoxy groups -OCH3 is 1. The molecule has 6 nitrogen and oxygen atoms in total. The summed E-state index contributed by atoms with van der Waals surface area (Å²) in [7, 11) is 1.66. The van der Waals surface area contributed by atoms with Gasteiger partial charge >= 0.3 is 0 Å². The van der Waals surface area contributed by atoms with Gasteiger partial charge in [0.2, 0.25) is 5.95 Å². The van der Waals surface area contributed by atoms with Crippen LogP contribution in [0, 0.1) is 0 Å². The van der Waals surface area contributed by atoms with E-state index in [1.807, 2.05) is 25.1 Å². The Kier molecular flexibility index (Phi) is 5.89. The molecule has 0 unspecified atom stereocenters. The number of rotatable bonds is 8. The number of hydrogen-bond acceptors (Lipinski definition) is 5. The Morgan fingerprint density at radius 1 is 1.36 bits per heavy atom. The van der Waals surface area contributed by atoms with Gasteiger partial charge in [0.05, 0.1) is 12.3 Å². The van der Waals surface area contributed by atoms with Crippen molar-refractivity contribution in [1.82, 2.24) is 9.55 Å². The summed E-state index contributed by atoms with van der Waals surface area (Å²) in [5, 5.41) is 3.22. The Labute approximate surface area is 166 Å². The number of nitrogens with one attached hydrogen (secondary N) is 1. The molecule has 28 heavy (non-hydrogen) atoms. The molecular weight excluding hydrogens is 354 g/mol. The predicted molar refractivity (Wildman–Crippen MR) is 112 cm³/mol. The van der Waals surface area contributed by atoms with Gasteiger partial charge < -0.3 is 14.8 Å². The van der Waals surface area contributed by atoms with Crippen LogP contribution in [0.2, 0.25) is 0 Å². The van der Waals surface area contributed by atoms with Gasteiger partial charge in [-0.15, -0.1) is 6.58 Å². The van der Waals surface area contributed by atoms with Crippen LogP contribution >= 0.6 is 0 Å². The van der Waals surface area contributed by atoms with Crippen molar-refractivity contribution in [2.45, 2.75) is 39.2 Å². The molecular formula is C22H29N3O3. The fraction of sp³-hybridized carbons (Fsp3) is 0.455. The number of aromatic nitrogens is 2. The molecule has 1 N–H and O–H groups in total. The summed E-state index contributed by atoms with van der Waals surface area (Å²) in [6.45, 7) is 12.1. The highest BCUT2D eigenvalue weighted by atomic mass is 16.5. The number of benzene rings is 1. The van der Waals surface area contributed by atoms with Crippen molar-refractivity contribution >= 4 is 5.95 Å². The van der Waals surface area contributed by atoms with E-state index in [0.29, 0.717) is 38.7 Å². The van der Waals surface area contributed by atoms with Gasteiger partial charge in [-0.2, -0.15) is 0 Å². The van der Waals surface area contributed by atoms with Crippen LogP contribution in [-0.4, -0.2) is 36.4 Å². The summed E-state index contributed by atoms with van der Waals surface area (Å²) in [4.78, 5) is 18.3. The number of allylic oxidation sites excluding steroid dienone is 1. The van der Waals surface area contributed by atoms with Crippen molar-refractivity contribution in [2.24, 2.45) is 0 Å². The molecule has 2 aromatic rings. The topological polar surface area (TPSA) is 65.4 Å². The zero-order valence-corrected chi connectivity index (χ0v) is 17.2. The average Bonchev–Trinajstić information content (AvgIpc) is 2.65. The molecule has 1 aromatic heterocycles. The maximum absolute atomic E-state index is 13.4. The van der Waals surface area contributed by atoms with E-state index in [2.05, 4.69) is 25.7 Å². The third-order valence-corrected chi connectivity index (χ3v) is 5.04. The standard InChI is InChI=1S/C22H29N3O3/c1-6-11-25-20(26)18-19(24-21(25)23-7-2)15-9-8-10-17(28-13-12-27-5)16(15)14-22(18,3)4/h6,8-10H,1,7,11-14H2,2-5H3,(H,23,24). The summed E-state index contributed by atoms with van der Waals surface area (Å²) < 4.78 is 12.7. The third-order valence-electron chi connectivity index (χ3n) is 5.04. The third kappa shape index (κ3) is 3.56. The van der Waals surface area contributed by atoms with Crippen LogP contribution in [0.1, 0.15) is 31.9 Å². The lowest BCUT2D eigenvalue weighted by atomic mass is 9.72. The predicted octanol–water partition coefficient (Wildman–Crippen LogP) is 3.39. The molecule has 1 aromatic carbocycles. The Hall–Kier alpha value is -2.60. The molecule has 0 spiro atoms. The van der Waals surface area contributed by atoms with E-state index in [1.54, 1.807) is 17.8 Å². The quantitative estimate of drug-likeness (QED) is 0.559. The molecule has 3 rings (SSSR count). The van der Waals surface area contributed by atoms with Crippen molar-refractivity contribution in [2.75, 3.05) is 32.2 Å². The Morgan fingerprint density at radius 2 is 2.14 bits per heavy atom. The Bertz CT molecular complexity index is 931. The van der Waals surface area contributed by atoms with E-state index < -0.39 is 0 Å². The van der Waals surface area contributed by atoms with Crippen molar-refractivity contribution in [3.63, 3.8) is 0 Å². The maximum Gasteiger partial charge on any atom is 0.259 e. The first-order valence-corrected chi connectivity index (χ1v) is 9.68. The van der Waals surface area contributed by atoms with Crippen LogP contribution < -0.4 is 15.6 Å². The molecule has 1 aliphatic rings. The van der Waals surface area contributed by atoms with Gasteiger partial charge in [0.25, 0.3) is 5.56 Å². The van der Waals surface area contributed by atoms with E-state index in [1.165, 1.54) is 0 Å². The lowest BCUT2D eigenvalue weighted by Gasteiger charge is -2.34. The second-order valence-electron chi connectivity index (χ2n) is 7.58. The molecule has 0 aliphatic heterocycles. The zero-order chi connectivity index (χ0) is 20.3. The normalized spacial score (nSPS) is 14.1. The number of fused-ring (bicyclic) bond motifs is 3. The largest absolute Gasteiger partial charge is 0.491 e. The molecule has 0 bridgehead atoms. The first-order valence-electron chi connectivity index (χ1n) is 9.68. The zero-order valence-electron chi connectivity index (χ0n) is 17.2. The van der Waals surface area contributed by atoms with Gasteiger partial charge in [-0.05, 0) is 19.4 Å². The monoisotopic (exact) mass is 383 g/mol. The molecule has 150 valence electrons. The van der Waals surface area contributed by atoms with Crippen molar-refractivity contribution in [1.29, 1.82) is 0 Å². The number of ether oxygens (including phenoxy) is 2. The fourth-order valence-corrected chi connectivity index (χ4v) is 3.82. The van der Waals surface area contributed by atoms with Gasteiger partial charge in [0, 0.05) is 42.3 Å².